The Hall–Kier alpha value is -0.780. The van der Waals surface area contributed by atoms with Gasteiger partial charge in [0.2, 0.25) is 5.78 Å². The van der Waals surface area contributed by atoms with Crippen LogP contribution in [0.3, 0.4) is 0 Å². The van der Waals surface area contributed by atoms with Crippen LogP contribution in [0.1, 0.15) is 16.2 Å². The lowest BCUT2D eigenvalue weighted by Gasteiger charge is -2.07. The van der Waals surface area contributed by atoms with Crippen molar-refractivity contribution in [3.63, 3.8) is 0 Å². The Bertz CT molecular complexity index is 307. The Labute approximate surface area is 92.7 Å². The Morgan fingerprint density at radius 3 is 3.33 bits per heavy atom. The van der Waals surface area contributed by atoms with Crippen LogP contribution < -0.4 is 5.32 Å². The van der Waals surface area contributed by atoms with Crippen LogP contribution in [-0.2, 0) is 4.74 Å². The summed E-state index contributed by atoms with van der Waals surface area (Å²) in [6.07, 6.45) is 2.78. The smallest absolute Gasteiger partial charge is 0.216 e. The molecule has 0 spiro atoms. The van der Waals surface area contributed by atoms with E-state index < -0.39 is 0 Å². The van der Waals surface area contributed by atoms with E-state index in [0.717, 1.165) is 19.5 Å². The second kappa shape index (κ2) is 5.34. The quantitative estimate of drug-likeness (QED) is 0.760. The van der Waals surface area contributed by atoms with Crippen molar-refractivity contribution in [2.45, 2.75) is 6.42 Å². The third-order valence-electron chi connectivity index (χ3n) is 2.42. The third kappa shape index (κ3) is 3.09. The SMILES string of the molecule is O=C(COCC1CCNC1)c1nccs1. The molecule has 1 saturated heterocycles. The summed E-state index contributed by atoms with van der Waals surface area (Å²) >= 11 is 1.36. The van der Waals surface area contributed by atoms with Crippen LogP contribution in [-0.4, -0.2) is 37.1 Å². The third-order valence-corrected chi connectivity index (χ3v) is 3.23. The van der Waals surface area contributed by atoms with Crippen molar-refractivity contribution in [3.8, 4) is 0 Å². The number of hydrogen-bond donors (Lipinski definition) is 1. The van der Waals surface area contributed by atoms with Crippen LogP contribution in [0.15, 0.2) is 11.6 Å². The lowest BCUT2D eigenvalue weighted by atomic mass is 10.1. The molecule has 1 fully saturated rings. The summed E-state index contributed by atoms with van der Waals surface area (Å²) in [4.78, 5) is 15.4. The molecule has 1 aromatic heterocycles. The fourth-order valence-electron chi connectivity index (χ4n) is 1.60. The Morgan fingerprint density at radius 2 is 2.67 bits per heavy atom. The summed E-state index contributed by atoms with van der Waals surface area (Å²) in [6, 6.07) is 0. The molecule has 4 nitrogen and oxygen atoms in total. The molecule has 1 atom stereocenters. The lowest BCUT2D eigenvalue weighted by Crippen LogP contribution is -2.17. The highest BCUT2D eigenvalue weighted by atomic mass is 32.1. The molecular formula is C10H14N2O2S. The molecule has 0 aromatic carbocycles. The van der Waals surface area contributed by atoms with E-state index in [1.54, 1.807) is 11.6 Å². The van der Waals surface area contributed by atoms with E-state index >= 15 is 0 Å². The Morgan fingerprint density at radius 1 is 1.73 bits per heavy atom. The summed E-state index contributed by atoms with van der Waals surface area (Å²) < 4.78 is 5.38. The highest BCUT2D eigenvalue weighted by Gasteiger charge is 2.15. The van der Waals surface area contributed by atoms with E-state index in [1.807, 2.05) is 0 Å². The maximum absolute atomic E-state index is 11.5. The molecule has 0 radical (unpaired) electrons. The van der Waals surface area contributed by atoms with Crippen molar-refractivity contribution in [1.82, 2.24) is 10.3 Å². The molecule has 0 bridgehead atoms. The normalized spacial score (nSPS) is 20.7. The molecule has 1 N–H and O–H groups in total. The van der Waals surface area contributed by atoms with Crippen LogP contribution in [0, 0.1) is 5.92 Å². The zero-order chi connectivity index (χ0) is 10.5. The number of carbonyl (C=O) groups excluding carboxylic acids is 1. The average molecular weight is 226 g/mol. The highest BCUT2D eigenvalue weighted by Crippen LogP contribution is 2.09. The van der Waals surface area contributed by atoms with E-state index in [0.29, 0.717) is 17.5 Å². The van der Waals surface area contributed by atoms with Gasteiger partial charge in [0.15, 0.2) is 5.01 Å². The first kappa shape index (κ1) is 10.7. The van der Waals surface area contributed by atoms with Gasteiger partial charge >= 0.3 is 0 Å². The van der Waals surface area contributed by atoms with Crippen LogP contribution in [0.25, 0.3) is 0 Å². The number of carbonyl (C=O) groups is 1. The fraction of sp³-hybridized carbons (Fsp3) is 0.600. The first-order valence-corrected chi connectivity index (χ1v) is 5.95. The van der Waals surface area contributed by atoms with Crippen molar-refractivity contribution >= 4 is 17.1 Å². The predicted molar refractivity (Wildman–Crippen MR) is 58.2 cm³/mol. The van der Waals surface area contributed by atoms with Crippen molar-refractivity contribution in [2.24, 2.45) is 5.92 Å². The molecule has 2 heterocycles. The van der Waals surface area contributed by atoms with Crippen molar-refractivity contribution in [2.75, 3.05) is 26.3 Å². The largest absolute Gasteiger partial charge is 0.373 e. The first-order chi connectivity index (χ1) is 7.36. The van der Waals surface area contributed by atoms with Gasteiger partial charge in [-0.1, -0.05) is 0 Å². The average Bonchev–Trinajstić information content (AvgIpc) is 2.90. The van der Waals surface area contributed by atoms with Gasteiger partial charge in [0.1, 0.15) is 6.61 Å². The second-order valence-electron chi connectivity index (χ2n) is 3.63. The van der Waals surface area contributed by atoms with E-state index in [1.165, 1.54) is 11.3 Å². The van der Waals surface area contributed by atoms with Gasteiger partial charge in [0.05, 0.1) is 6.61 Å². The summed E-state index contributed by atoms with van der Waals surface area (Å²) in [5.74, 6) is 0.546. The molecule has 82 valence electrons. The topological polar surface area (TPSA) is 51.2 Å². The molecule has 1 unspecified atom stereocenters. The van der Waals surface area contributed by atoms with Gasteiger partial charge in [-0.25, -0.2) is 4.98 Å². The number of ether oxygens (including phenoxy) is 1. The van der Waals surface area contributed by atoms with Gasteiger partial charge in [-0.15, -0.1) is 11.3 Å². The molecule has 5 heteroatoms. The van der Waals surface area contributed by atoms with Crippen LogP contribution >= 0.6 is 11.3 Å². The Kier molecular flexibility index (Phi) is 3.82. The van der Waals surface area contributed by atoms with E-state index in [-0.39, 0.29) is 12.4 Å². The van der Waals surface area contributed by atoms with Crippen LogP contribution in [0.5, 0.6) is 0 Å². The number of nitrogens with zero attached hydrogens (tertiary/aromatic N) is 1. The number of Topliss-reactive ketones (excluding diaryl/α,β-unsaturated/α-hetero) is 1. The molecule has 1 aliphatic heterocycles. The molecule has 0 saturated carbocycles. The van der Waals surface area contributed by atoms with E-state index in [2.05, 4.69) is 10.3 Å². The fourth-order valence-corrected chi connectivity index (χ4v) is 2.16. The standard InChI is InChI=1S/C10H14N2O2S/c13-9(10-12-3-4-15-10)7-14-6-8-1-2-11-5-8/h3-4,8,11H,1-2,5-7H2. The van der Waals surface area contributed by atoms with Gasteiger partial charge in [-0.05, 0) is 18.9 Å². The van der Waals surface area contributed by atoms with Gasteiger partial charge in [0, 0.05) is 18.1 Å². The lowest BCUT2D eigenvalue weighted by molar-refractivity contribution is 0.0692. The van der Waals surface area contributed by atoms with Gasteiger partial charge in [-0.3, -0.25) is 4.79 Å². The summed E-state index contributed by atoms with van der Waals surface area (Å²) in [6.45, 7) is 2.90. The number of nitrogens with one attached hydrogen (secondary N) is 1. The summed E-state index contributed by atoms with van der Waals surface area (Å²) in [5.41, 5.74) is 0. The van der Waals surface area contributed by atoms with Crippen LogP contribution in [0.2, 0.25) is 0 Å². The zero-order valence-corrected chi connectivity index (χ0v) is 9.26. The second-order valence-corrected chi connectivity index (χ2v) is 4.53. The number of hydrogen-bond acceptors (Lipinski definition) is 5. The molecular weight excluding hydrogens is 212 g/mol. The highest BCUT2D eigenvalue weighted by molar-refractivity contribution is 7.11. The van der Waals surface area contributed by atoms with Gasteiger partial charge in [-0.2, -0.15) is 0 Å². The van der Waals surface area contributed by atoms with Crippen molar-refractivity contribution in [1.29, 1.82) is 0 Å². The number of ketones is 1. The molecule has 1 aliphatic rings. The van der Waals surface area contributed by atoms with Gasteiger partial charge < -0.3 is 10.1 Å². The minimum atomic E-state index is -0.0176. The predicted octanol–water partition coefficient (Wildman–Crippen LogP) is 0.952. The maximum Gasteiger partial charge on any atom is 0.216 e. The van der Waals surface area contributed by atoms with Crippen molar-refractivity contribution < 1.29 is 9.53 Å². The molecule has 15 heavy (non-hydrogen) atoms. The monoisotopic (exact) mass is 226 g/mol. The molecule has 0 amide bonds. The summed E-state index contributed by atoms with van der Waals surface area (Å²) in [5, 5.41) is 5.60. The summed E-state index contributed by atoms with van der Waals surface area (Å²) in [7, 11) is 0. The van der Waals surface area contributed by atoms with E-state index in [9.17, 15) is 4.79 Å². The van der Waals surface area contributed by atoms with Crippen molar-refractivity contribution in [3.05, 3.63) is 16.6 Å². The van der Waals surface area contributed by atoms with Crippen LogP contribution in [0.4, 0.5) is 0 Å². The minimum absolute atomic E-state index is 0.0176. The maximum atomic E-state index is 11.5. The number of thiazole rings is 1. The molecule has 0 aliphatic carbocycles. The molecule has 2 rings (SSSR count). The Balaban J connectivity index is 1.67. The minimum Gasteiger partial charge on any atom is -0.373 e. The first-order valence-electron chi connectivity index (χ1n) is 5.07. The van der Waals surface area contributed by atoms with E-state index in [4.69, 9.17) is 4.74 Å². The zero-order valence-electron chi connectivity index (χ0n) is 8.44. The number of aromatic nitrogens is 1. The number of rotatable bonds is 5. The molecule has 1 aromatic rings. The van der Waals surface area contributed by atoms with Gasteiger partial charge in [0.25, 0.3) is 0 Å².